The van der Waals surface area contributed by atoms with Crippen molar-refractivity contribution in [3.8, 4) is 5.75 Å². The van der Waals surface area contributed by atoms with Gasteiger partial charge in [0.1, 0.15) is 5.75 Å². The van der Waals surface area contributed by atoms with E-state index in [9.17, 15) is 0 Å². The molecule has 0 aliphatic carbocycles. The quantitative estimate of drug-likeness (QED) is 0.426. The van der Waals surface area contributed by atoms with Crippen LogP contribution in [-0.4, -0.2) is 18.3 Å². The van der Waals surface area contributed by atoms with Gasteiger partial charge < -0.3 is 4.74 Å². The maximum Gasteiger partial charge on any atom is 0.204 e. The number of hydrogen-bond donors (Lipinski definition) is 1. The van der Waals surface area contributed by atoms with Crippen molar-refractivity contribution in [1.82, 2.24) is 4.98 Å². The largest absolute Gasteiger partial charge is 0.496 e. The van der Waals surface area contributed by atoms with Crippen molar-refractivity contribution in [1.29, 1.82) is 0 Å². The highest BCUT2D eigenvalue weighted by atomic mass is 32.1. The third kappa shape index (κ3) is 2.70. The minimum Gasteiger partial charge on any atom is -0.496 e. The molecule has 1 aromatic heterocycles. The molecule has 0 saturated heterocycles. The van der Waals surface area contributed by atoms with Gasteiger partial charge in [-0.05, 0) is 29.0 Å². The van der Waals surface area contributed by atoms with E-state index in [2.05, 4.69) is 33.7 Å². The molecule has 0 bridgehead atoms. The SMILES string of the molecule is COc1ccc2ccccc2c1/C=N/Nc1nc2ccccc2s1. The first-order valence-corrected chi connectivity index (χ1v) is 8.37. The Morgan fingerprint density at radius 1 is 1.04 bits per heavy atom. The fraction of sp³-hybridized carbons (Fsp3) is 0.0526. The number of methoxy groups -OCH3 is 1. The Kier molecular flexibility index (Phi) is 3.84. The zero-order valence-corrected chi connectivity index (χ0v) is 13.9. The Bertz CT molecular complexity index is 1010. The maximum absolute atomic E-state index is 5.47. The smallest absolute Gasteiger partial charge is 0.204 e. The Labute approximate surface area is 143 Å². The van der Waals surface area contributed by atoms with Crippen molar-refractivity contribution in [2.24, 2.45) is 5.10 Å². The van der Waals surface area contributed by atoms with Gasteiger partial charge in [0, 0.05) is 5.56 Å². The lowest BCUT2D eigenvalue weighted by Crippen LogP contribution is -1.95. The van der Waals surface area contributed by atoms with Gasteiger partial charge in [0.05, 0.1) is 23.5 Å². The molecule has 118 valence electrons. The second kappa shape index (κ2) is 6.29. The number of nitrogens with one attached hydrogen (secondary N) is 1. The van der Waals surface area contributed by atoms with E-state index in [4.69, 9.17) is 4.74 Å². The molecule has 0 amide bonds. The van der Waals surface area contributed by atoms with Crippen molar-refractivity contribution < 1.29 is 4.74 Å². The number of para-hydroxylation sites is 1. The Morgan fingerprint density at radius 2 is 1.88 bits per heavy atom. The summed E-state index contributed by atoms with van der Waals surface area (Å²) in [5, 5.41) is 7.38. The van der Waals surface area contributed by atoms with Gasteiger partial charge in [0.15, 0.2) is 0 Å². The Balaban J connectivity index is 1.66. The van der Waals surface area contributed by atoms with E-state index in [1.165, 1.54) is 0 Å². The van der Waals surface area contributed by atoms with Crippen molar-refractivity contribution in [2.75, 3.05) is 12.5 Å². The van der Waals surface area contributed by atoms with Crippen LogP contribution in [-0.2, 0) is 0 Å². The van der Waals surface area contributed by atoms with E-state index >= 15 is 0 Å². The van der Waals surface area contributed by atoms with E-state index in [-0.39, 0.29) is 0 Å². The van der Waals surface area contributed by atoms with E-state index in [0.29, 0.717) is 0 Å². The third-order valence-electron chi connectivity index (χ3n) is 3.80. The summed E-state index contributed by atoms with van der Waals surface area (Å²) in [5.41, 5.74) is 4.94. The van der Waals surface area contributed by atoms with Crippen molar-refractivity contribution >= 4 is 43.7 Å². The maximum atomic E-state index is 5.47. The zero-order chi connectivity index (χ0) is 16.4. The van der Waals surface area contributed by atoms with Gasteiger partial charge in [-0.2, -0.15) is 5.10 Å². The number of hydrogen-bond acceptors (Lipinski definition) is 5. The summed E-state index contributed by atoms with van der Waals surface area (Å²) < 4.78 is 6.61. The van der Waals surface area contributed by atoms with Crippen LogP contribution in [0.3, 0.4) is 0 Å². The monoisotopic (exact) mass is 333 g/mol. The fourth-order valence-electron chi connectivity index (χ4n) is 2.66. The van der Waals surface area contributed by atoms with Crippen molar-refractivity contribution in [3.05, 3.63) is 66.2 Å². The standard InChI is InChI=1S/C19H15N3OS/c1-23-17-11-10-13-6-2-3-7-14(13)15(17)12-20-22-19-21-16-8-4-5-9-18(16)24-19/h2-12H,1H3,(H,21,22)/b20-12+. The van der Waals surface area contributed by atoms with Crippen LogP contribution < -0.4 is 10.2 Å². The van der Waals surface area contributed by atoms with Gasteiger partial charge in [-0.25, -0.2) is 4.98 Å². The summed E-state index contributed by atoms with van der Waals surface area (Å²) in [4.78, 5) is 4.51. The van der Waals surface area contributed by atoms with Crippen LogP contribution in [0.4, 0.5) is 5.13 Å². The first-order chi connectivity index (χ1) is 11.8. The molecule has 1 N–H and O–H groups in total. The number of benzene rings is 3. The summed E-state index contributed by atoms with van der Waals surface area (Å²) >= 11 is 1.58. The molecule has 4 aromatic rings. The fourth-order valence-corrected chi connectivity index (χ4v) is 3.47. The first kappa shape index (κ1) is 14.7. The molecule has 5 heteroatoms. The van der Waals surface area contributed by atoms with Gasteiger partial charge in [0.25, 0.3) is 0 Å². The molecule has 0 fully saturated rings. The van der Waals surface area contributed by atoms with Gasteiger partial charge in [-0.1, -0.05) is 53.8 Å². The lowest BCUT2D eigenvalue weighted by molar-refractivity contribution is 0.415. The highest BCUT2D eigenvalue weighted by molar-refractivity contribution is 7.22. The average Bonchev–Trinajstić information content (AvgIpc) is 3.04. The highest BCUT2D eigenvalue weighted by Crippen LogP contribution is 2.27. The second-order valence-electron chi connectivity index (χ2n) is 5.26. The molecule has 0 radical (unpaired) electrons. The molecular formula is C19H15N3OS. The number of rotatable bonds is 4. The molecule has 0 aliphatic rings. The Hall–Kier alpha value is -2.92. The summed E-state index contributed by atoms with van der Waals surface area (Å²) in [6, 6.07) is 20.2. The third-order valence-corrected chi connectivity index (χ3v) is 4.74. The van der Waals surface area contributed by atoms with Crippen LogP contribution in [0.25, 0.3) is 21.0 Å². The number of nitrogens with zero attached hydrogens (tertiary/aromatic N) is 2. The molecular weight excluding hydrogens is 318 g/mol. The van der Waals surface area contributed by atoms with Crippen LogP contribution >= 0.6 is 11.3 Å². The minimum atomic E-state index is 0.770. The lowest BCUT2D eigenvalue weighted by Gasteiger charge is -2.08. The molecule has 4 nitrogen and oxygen atoms in total. The van der Waals surface area contributed by atoms with Crippen LogP contribution in [0.5, 0.6) is 5.75 Å². The zero-order valence-electron chi connectivity index (χ0n) is 13.1. The molecule has 4 rings (SSSR count). The molecule has 0 aliphatic heterocycles. The lowest BCUT2D eigenvalue weighted by atomic mass is 10.0. The average molecular weight is 333 g/mol. The van der Waals surface area contributed by atoms with Gasteiger partial charge in [0.2, 0.25) is 5.13 Å². The summed E-state index contributed by atoms with van der Waals surface area (Å²) in [6.45, 7) is 0. The second-order valence-corrected chi connectivity index (χ2v) is 6.29. The number of hydrazone groups is 1. The molecule has 3 aromatic carbocycles. The predicted octanol–water partition coefficient (Wildman–Crippen LogP) is 4.90. The van der Waals surface area contributed by atoms with E-state index in [0.717, 1.165) is 37.4 Å². The molecule has 24 heavy (non-hydrogen) atoms. The number of fused-ring (bicyclic) bond motifs is 2. The van der Waals surface area contributed by atoms with E-state index in [1.807, 2.05) is 42.5 Å². The topological polar surface area (TPSA) is 46.5 Å². The summed E-state index contributed by atoms with van der Waals surface area (Å²) in [7, 11) is 1.67. The molecule has 0 spiro atoms. The predicted molar refractivity (Wildman–Crippen MR) is 101 cm³/mol. The van der Waals surface area contributed by atoms with E-state index < -0.39 is 0 Å². The molecule has 0 saturated carbocycles. The Morgan fingerprint density at radius 3 is 2.75 bits per heavy atom. The van der Waals surface area contributed by atoms with Crippen LogP contribution in [0.1, 0.15) is 5.56 Å². The highest BCUT2D eigenvalue weighted by Gasteiger charge is 2.06. The van der Waals surface area contributed by atoms with Crippen LogP contribution in [0, 0.1) is 0 Å². The minimum absolute atomic E-state index is 0.770. The summed E-state index contributed by atoms with van der Waals surface area (Å²) in [5.74, 6) is 0.795. The van der Waals surface area contributed by atoms with E-state index in [1.54, 1.807) is 24.7 Å². The van der Waals surface area contributed by atoms with Gasteiger partial charge >= 0.3 is 0 Å². The number of aromatic nitrogens is 1. The molecule has 1 heterocycles. The normalized spacial score (nSPS) is 11.4. The van der Waals surface area contributed by atoms with Crippen molar-refractivity contribution in [2.45, 2.75) is 0 Å². The van der Waals surface area contributed by atoms with Gasteiger partial charge in [-0.15, -0.1) is 0 Å². The number of thiazole rings is 1. The van der Waals surface area contributed by atoms with Crippen molar-refractivity contribution in [3.63, 3.8) is 0 Å². The number of ether oxygens (including phenoxy) is 1. The molecule has 0 atom stereocenters. The van der Waals surface area contributed by atoms with Crippen LogP contribution in [0.2, 0.25) is 0 Å². The first-order valence-electron chi connectivity index (χ1n) is 7.55. The molecule has 0 unspecified atom stereocenters. The number of anilines is 1. The van der Waals surface area contributed by atoms with Gasteiger partial charge in [-0.3, -0.25) is 5.43 Å². The van der Waals surface area contributed by atoms with Crippen LogP contribution in [0.15, 0.2) is 65.8 Å². The summed E-state index contributed by atoms with van der Waals surface area (Å²) in [6.07, 6.45) is 1.78.